The Bertz CT molecular complexity index is 696. The number of halogens is 2. The van der Waals surface area contributed by atoms with E-state index in [4.69, 9.17) is 0 Å². The van der Waals surface area contributed by atoms with Crippen LogP contribution in [0.25, 0.3) is 0 Å². The summed E-state index contributed by atoms with van der Waals surface area (Å²) in [5.74, 6) is -0.685. The third-order valence-electron chi connectivity index (χ3n) is 3.73. The Morgan fingerprint density at radius 2 is 1.74 bits per heavy atom. The first-order chi connectivity index (χ1) is 10.9. The van der Waals surface area contributed by atoms with Crippen LogP contribution in [0.3, 0.4) is 0 Å². The molecule has 2 aromatic rings. The maximum atomic E-state index is 14.3. The molecule has 0 heterocycles. The highest BCUT2D eigenvalue weighted by molar-refractivity contribution is 5.70. The summed E-state index contributed by atoms with van der Waals surface area (Å²) >= 11 is 0. The number of hydrogen-bond acceptors (Lipinski definition) is 2. The van der Waals surface area contributed by atoms with Crippen molar-refractivity contribution in [2.75, 3.05) is 25.5 Å². The molecule has 0 aliphatic carbocycles. The summed E-state index contributed by atoms with van der Waals surface area (Å²) < 4.78 is 27.3. The third-order valence-corrected chi connectivity index (χ3v) is 3.73. The summed E-state index contributed by atoms with van der Waals surface area (Å²) in [6.07, 6.45) is 1.61. The average molecular weight is 317 g/mol. The predicted molar refractivity (Wildman–Crippen MR) is 92.1 cm³/mol. The van der Waals surface area contributed by atoms with E-state index < -0.39 is 0 Å². The number of nitrogens with zero attached hydrogens (tertiary/aromatic N) is 3. The summed E-state index contributed by atoms with van der Waals surface area (Å²) in [6, 6.07) is 9.26. The molecular weight excluding hydrogens is 296 g/mol. The van der Waals surface area contributed by atoms with Crippen LogP contribution in [-0.2, 0) is 0 Å². The first-order valence-corrected chi connectivity index (χ1v) is 7.46. The fourth-order valence-corrected chi connectivity index (χ4v) is 2.16. The van der Waals surface area contributed by atoms with Crippen LogP contribution in [0.1, 0.15) is 12.5 Å². The fourth-order valence-electron chi connectivity index (χ4n) is 2.16. The Kier molecular flexibility index (Phi) is 5.32. The molecule has 0 atom stereocenters. The summed E-state index contributed by atoms with van der Waals surface area (Å²) in [4.78, 5) is 7.87. The lowest BCUT2D eigenvalue weighted by atomic mass is 10.1. The van der Waals surface area contributed by atoms with Gasteiger partial charge in [-0.15, -0.1) is 0 Å². The molecule has 0 saturated heterocycles. The minimum Gasteiger partial charge on any atom is -0.366 e. The van der Waals surface area contributed by atoms with Gasteiger partial charge in [-0.1, -0.05) is 0 Å². The first-order valence-electron chi connectivity index (χ1n) is 7.46. The molecule has 122 valence electrons. The van der Waals surface area contributed by atoms with E-state index in [2.05, 4.69) is 4.99 Å². The van der Waals surface area contributed by atoms with Gasteiger partial charge in [0.1, 0.15) is 11.5 Å². The van der Waals surface area contributed by atoms with Gasteiger partial charge in [-0.2, -0.15) is 0 Å². The van der Waals surface area contributed by atoms with Gasteiger partial charge < -0.3 is 9.80 Å². The molecule has 0 saturated carbocycles. The molecule has 3 nitrogen and oxygen atoms in total. The van der Waals surface area contributed by atoms with Gasteiger partial charge in [-0.05, 0) is 49.7 Å². The van der Waals surface area contributed by atoms with Gasteiger partial charge in [0.25, 0.3) is 0 Å². The van der Waals surface area contributed by atoms with Crippen molar-refractivity contribution in [1.29, 1.82) is 0 Å². The van der Waals surface area contributed by atoms with E-state index in [1.807, 2.05) is 37.7 Å². The molecule has 23 heavy (non-hydrogen) atoms. The quantitative estimate of drug-likeness (QED) is 0.590. The maximum absolute atomic E-state index is 14.3. The number of anilines is 2. The molecule has 0 radical (unpaired) electrons. The number of benzene rings is 2. The normalized spacial score (nSPS) is 11.0. The molecule has 2 rings (SSSR count). The van der Waals surface area contributed by atoms with Crippen LogP contribution in [0, 0.1) is 18.6 Å². The van der Waals surface area contributed by atoms with Gasteiger partial charge in [-0.3, -0.25) is 0 Å². The van der Waals surface area contributed by atoms with Crippen molar-refractivity contribution in [3.63, 3.8) is 0 Å². The molecule has 0 amide bonds. The van der Waals surface area contributed by atoms with Crippen LogP contribution in [0.15, 0.2) is 41.4 Å². The van der Waals surface area contributed by atoms with E-state index in [0.717, 1.165) is 23.5 Å². The second-order valence-corrected chi connectivity index (χ2v) is 5.44. The van der Waals surface area contributed by atoms with Crippen molar-refractivity contribution in [1.82, 2.24) is 4.90 Å². The van der Waals surface area contributed by atoms with Crippen LogP contribution < -0.4 is 4.90 Å². The van der Waals surface area contributed by atoms with Crippen molar-refractivity contribution >= 4 is 23.4 Å². The molecule has 0 aromatic heterocycles. The zero-order valence-electron chi connectivity index (χ0n) is 13.8. The summed E-state index contributed by atoms with van der Waals surface area (Å²) in [5.41, 5.74) is 2.70. The van der Waals surface area contributed by atoms with E-state index in [9.17, 15) is 8.78 Å². The summed E-state index contributed by atoms with van der Waals surface area (Å²) in [5, 5.41) is 0. The van der Waals surface area contributed by atoms with E-state index in [1.165, 1.54) is 18.2 Å². The third kappa shape index (κ3) is 4.06. The second kappa shape index (κ2) is 7.22. The standard InChI is InChI=1S/C18H21F2N3/c1-5-22(3)12-21-17-10-13(2)18(11-16(17)20)23(4)15-8-6-14(19)7-9-15/h6-12H,5H2,1-4H3. The van der Waals surface area contributed by atoms with Crippen molar-refractivity contribution in [2.24, 2.45) is 4.99 Å². The molecule has 0 fully saturated rings. The second-order valence-electron chi connectivity index (χ2n) is 5.44. The maximum Gasteiger partial charge on any atom is 0.150 e. The van der Waals surface area contributed by atoms with Crippen LogP contribution in [-0.4, -0.2) is 31.9 Å². The largest absolute Gasteiger partial charge is 0.366 e. The smallest absolute Gasteiger partial charge is 0.150 e. The predicted octanol–water partition coefficient (Wildman–Crippen LogP) is 4.65. The fraction of sp³-hybridized carbons (Fsp3) is 0.278. The Balaban J connectivity index is 2.32. The molecule has 2 aromatic carbocycles. The molecule has 0 spiro atoms. The zero-order valence-corrected chi connectivity index (χ0v) is 13.8. The molecule has 5 heteroatoms. The van der Waals surface area contributed by atoms with Crippen molar-refractivity contribution < 1.29 is 8.78 Å². The van der Waals surface area contributed by atoms with Crippen LogP contribution in [0.2, 0.25) is 0 Å². The molecular formula is C18H21F2N3. The molecule has 0 unspecified atom stereocenters. The SMILES string of the molecule is CCN(C)C=Nc1cc(C)c(N(C)c2ccc(F)cc2)cc1F. The summed E-state index contributed by atoms with van der Waals surface area (Å²) in [6.45, 7) is 4.70. The Labute approximate surface area is 135 Å². The van der Waals surface area contributed by atoms with E-state index in [1.54, 1.807) is 24.5 Å². The van der Waals surface area contributed by atoms with Gasteiger partial charge in [0.15, 0.2) is 5.82 Å². The number of aryl methyl sites for hydroxylation is 1. The first kappa shape index (κ1) is 16.9. The number of aliphatic imine (C=N–C) groups is 1. The van der Waals surface area contributed by atoms with Crippen LogP contribution in [0.4, 0.5) is 25.8 Å². The summed E-state index contributed by atoms with van der Waals surface area (Å²) in [7, 11) is 3.70. The molecule has 0 aliphatic rings. The van der Waals surface area contributed by atoms with Crippen molar-refractivity contribution in [3.8, 4) is 0 Å². The topological polar surface area (TPSA) is 18.8 Å². The lowest BCUT2D eigenvalue weighted by molar-refractivity contribution is 0.551. The zero-order chi connectivity index (χ0) is 17.0. The average Bonchev–Trinajstić information content (AvgIpc) is 2.55. The number of hydrogen-bond donors (Lipinski definition) is 0. The van der Waals surface area contributed by atoms with Crippen LogP contribution >= 0.6 is 0 Å². The Hall–Kier alpha value is -2.43. The van der Waals surface area contributed by atoms with Crippen molar-refractivity contribution in [3.05, 3.63) is 53.6 Å². The lowest BCUT2D eigenvalue weighted by Gasteiger charge is -2.22. The molecule has 0 aliphatic heterocycles. The van der Waals surface area contributed by atoms with Gasteiger partial charge in [0.2, 0.25) is 0 Å². The number of rotatable bonds is 5. The Morgan fingerprint density at radius 1 is 1.09 bits per heavy atom. The van der Waals surface area contributed by atoms with E-state index >= 15 is 0 Å². The van der Waals surface area contributed by atoms with Gasteiger partial charge in [-0.25, -0.2) is 13.8 Å². The Morgan fingerprint density at radius 3 is 2.35 bits per heavy atom. The monoisotopic (exact) mass is 317 g/mol. The highest BCUT2D eigenvalue weighted by Gasteiger charge is 2.12. The van der Waals surface area contributed by atoms with E-state index in [-0.39, 0.29) is 11.6 Å². The lowest BCUT2D eigenvalue weighted by Crippen LogP contribution is -2.14. The van der Waals surface area contributed by atoms with Gasteiger partial charge in [0.05, 0.1) is 6.34 Å². The molecule has 0 N–H and O–H groups in total. The minimum atomic E-state index is -0.389. The van der Waals surface area contributed by atoms with Gasteiger partial charge >= 0.3 is 0 Å². The molecule has 0 bridgehead atoms. The van der Waals surface area contributed by atoms with E-state index in [0.29, 0.717) is 5.69 Å². The highest BCUT2D eigenvalue weighted by atomic mass is 19.1. The highest BCUT2D eigenvalue weighted by Crippen LogP contribution is 2.31. The van der Waals surface area contributed by atoms with Crippen molar-refractivity contribution in [2.45, 2.75) is 13.8 Å². The minimum absolute atomic E-state index is 0.296. The van der Waals surface area contributed by atoms with Gasteiger partial charge in [0, 0.05) is 38.1 Å². The van der Waals surface area contributed by atoms with Crippen LogP contribution in [0.5, 0.6) is 0 Å².